The maximum atomic E-state index is 5.54. The molecular formula is C17H22N2OS. The molecule has 3 nitrogen and oxygen atoms in total. The third-order valence-electron chi connectivity index (χ3n) is 5.38. The third kappa shape index (κ3) is 1.92. The molecule has 0 unspecified atom stereocenters. The molecule has 0 N–H and O–H groups in total. The van der Waals surface area contributed by atoms with Crippen molar-refractivity contribution in [1.82, 2.24) is 4.98 Å². The van der Waals surface area contributed by atoms with Gasteiger partial charge in [0.15, 0.2) is 5.13 Å². The number of thiazole rings is 1. The van der Waals surface area contributed by atoms with Crippen molar-refractivity contribution < 1.29 is 4.74 Å². The van der Waals surface area contributed by atoms with Crippen LogP contribution < -0.4 is 4.90 Å². The van der Waals surface area contributed by atoms with E-state index in [-0.39, 0.29) is 0 Å². The molecule has 1 saturated carbocycles. The number of anilines is 1. The standard InChI is InChI=1S/C17H22N2OS/c1-16(2)9-17(11-20-3)10-19(8-14(16)17)15-18-12-6-4-5-7-13(12)21-15/h4-7,14H,8-11H2,1-3H3/t14-,17-/m1/s1. The smallest absolute Gasteiger partial charge is 0.186 e. The van der Waals surface area contributed by atoms with Crippen molar-refractivity contribution in [2.75, 3.05) is 31.7 Å². The summed E-state index contributed by atoms with van der Waals surface area (Å²) in [5.74, 6) is 0.719. The van der Waals surface area contributed by atoms with Crippen LogP contribution in [0.25, 0.3) is 10.2 Å². The number of hydrogen-bond acceptors (Lipinski definition) is 4. The summed E-state index contributed by atoms with van der Waals surface area (Å²) in [5.41, 5.74) is 1.90. The van der Waals surface area contributed by atoms with Crippen LogP contribution in [0.1, 0.15) is 20.3 Å². The maximum absolute atomic E-state index is 5.54. The Morgan fingerprint density at radius 1 is 1.38 bits per heavy atom. The van der Waals surface area contributed by atoms with Gasteiger partial charge in [-0.2, -0.15) is 0 Å². The largest absolute Gasteiger partial charge is 0.384 e. The number of ether oxygens (including phenoxy) is 1. The molecule has 0 amide bonds. The number of hydrogen-bond donors (Lipinski definition) is 0. The van der Waals surface area contributed by atoms with Crippen LogP contribution in [0.4, 0.5) is 5.13 Å². The Morgan fingerprint density at radius 2 is 2.19 bits per heavy atom. The third-order valence-corrected chi connectivity index (χ3v) is 6.48. The Balaban J connectivity index is 1.65. The first-order valence-corrected chi connectivity index (χ1v) is 8.45. The average molecular weight is 302 g/mol. The van der Waals surface area contributed by atoms with Crippen LogP contribution in [0.3, 0.4) is 0 Å². The van der Waals surface area contributed by atoms with Crippen LogP contribution in [0.15, 0.2) is 24.3 Å². The second-order valence-electron chi connectivity index (χ2n) is 7.36. The Morgan fingerprint density at radius 3 is 2.90 bits per heavy atom. The van der Waals surface area contributed by atoms with Gasteiger partial charge in [0.05, 0.1) is 16.8 Å². The van der Waals surface area contributed by atoms with Crippen LogP contribution in [0, 0.1) is 16.7 Å². The van der Waals surface area contributed by atoms with Gasteiger partial charge < -0.3 is 9.64 Å². The number of rotatable bonds is 3. The first-order valence-electron chi connectivity index (χ1n) is 7.64. The maximum Gasteiger partial charge on any atom is 0.186 e. The van der Waals surface area contributed by atoms with Crippen LogP contribution in [-0.2, 0) is 4.74 Å². The van der Waals surface area contributed by atoms with Gasteiger partial charge in [0.1, 0.15) is 0 Å². The van der Waals surface area contributed by atoms with E-state index in [1.807, 2.05) is 18.4 Å². The second-order valence-corrected chi connectivity index (χ2v) is 8.37. The number of methoxy groups -OCH3 is 1. The van der Waals surface area contributed by atoms with Gasteiger partial charge >= 0.3 is 0 Å². The number of para-hydroxylation sites is 1. The summed E-state index contributed by atoms with van der Waals surface area (Å²) in [5, 5.41) is 1.18. The number of benzene rings is 1. The zero-order valence-electron chi connectivity index (χ0n) is 12.9. The molecule has 2 aliphatic rings. The van der Waals surface area contributed by atoms with Gasteiger partial charge in [-0.05, 0) is 29.9 Å². The van der Waals surface area contributed by atoms with Gasteiger partial charge in [0.25, 0.3) is 0 Å². The molecule has 0 spiro atoms. The fourth-order valence-electron chi connectivity index (χ4n) is 4.75. The summed E-state index contributed by atoms with van der Waals surface area (Å²) in [7, 11) is 1.83. The molecule has 21 heavy (non-hydrogen) atoms. The van der Waals surface area contributed by atoms with E-state index >= 15 is 0 Å². The minimum atomic E-state index is 0.343. The van der Waals surface area contributed by atoms with Gasteiger partial charge in [0.2, 0.25) is 0 Å². The van der Waals surface area contributed by atoms with Gasteiger partial charge in [-0.3, -0.25) is 0 Å². The van der Waals surface area contributed by atoms with E-state index in [1.165, 1.54) is 16.3 Å². The highest BCUT2D eigenvalue weighted by Gasteiger charge is 2.63. The van der Waals surface area contributed by atoms with Crippen molar-refractivity contribution in [1.29, 1.82) is 0 Å². The molecule has 1 aromatic carbocycles. The minimum Gasteiger partial charge on any atom is -0.384 e. The number of fused-ring (bicyclic) bond motifs is 2. The highest BCUT2D eigenvalue weighted by Crippen LogP contribution is 2.63. The Kier molecular flexibility index (Phi) is 2.86. The average Bonchev–Trinajstić information content (AvgIpc) is 2.98. The molecule has 4 heteroatoms. The lowest BCUT2D eigenvalue weighted by Gasteiger charge is -2.56. The van der Waals surface area contributed by atoms with E-state index in [4.69, 9.17) is 9.72 Å². The van der Waals surface area contributed by atoms with E-state index in [1.54, 1.807) is 0 Å². The van der Waals surface area contributed by atoms with Gasteiger partial charge in [-0.1, -0.05) is 37.3 Å². The predicted molar refractivity (Wildman–Crippen MR) is 88.0 cm³/mol. The second kappa shape index (κ2) is 4.43. The van der Waals surface area contributed by atoms with Crippen molar-refractivity contribution in [3.63, 3.8) is 0 Å². The van der Waals surface area contributed by atoms with Crippen molar-refractivity contribution >= 4 is 26.7 Å². The molecule has 4 rings (SSSR count). The molecule has 0 radical (unpaired) electrons. The molecule has 1 aliphatic carbocycles. The van der Waals surface area contributed by atoms with Crippen molar-refractivity contribution in [3.05, 3.63) is 24.3 Å². The van der Waals surface area contributed by atoms with Crippen molar-refractivity contribution in [3.8, 4) is 0 Å². The number of aromatic nitrogens is 1. The van der Waals surface area contributed by atoms with Gasteiger partial charge in [-0.15, -0.1) is 0 Å². The van der Waals surface area contributed by atoms with Crippen LogP contribution >= 0.6 is 11.3 Å². The van der Waals surface area contributed by atoms with E-state index < -0.39 is 0 Å². The first-order chi connectivity index (χ1) is 10.0. The molecule has 2 aromatic rings. The highest BCUT2D eigenvalue weighted by molar-refractivity contribution is 7.22. The predicted octanol–water partition coefficient (Wildman–Crippen LogP) is 3.80. The van der Waals surface area contributed by atoms with E-state index in [0.717, 1.165) is 31.1 Å². The molecule has 0 bridgehead atoms. The zero-order valence-corrected chi connectivity index (χ0v) is 13.7. The quantitative estimate of drug-likeness (QED) is 0.862. The van der Waals surface area contributed by atoms with E-state index in [2.05, 4.69) is 43.0 Å². The summed E-state index contributed by atoms with van der Waals surface area (Å²) < 4.78 is 6.83. The van der Waals surface area contributed by atoms with Crippen LogP contribution in [0.2, 0.25) is 0 Å². The zero-order chi connectivity index (χ0) is 14.7. The van der Waals surface area contributed by atoms with Crippen molar-refractivity contribution in [2.24, 2.45) is 16.7 Å². The van der Waals surface area contributed by atoms with Crippen LogP contribution in [-0.4, -0.2) is 31.8 Å². The molecule has 2 heterocycles. The molecule has 1 aromatic heterocycles. The molecule has 2 fully saturated rings. The topological polar surface area (TPSA) is 25.4 Å². The fourth-order valence-corrected chi connectivity index (χ4v) is 5.72. The lowest BCUT2D eigenvalue weighted by Crippen LogP contribution is -2.55. The minimum absolute atomic E-state index is 0.343. The summed E-state index contributed by atoms with van der Waals surface area (Å²) in [6.45, 7) is 7.88. The van der Waals surface area contributed by atoms with Gasteiger partial charge in [0, 0.05) is 25.6 Å². The van der Waals surface area contributed by atoms with Crippen molar-refractivity contribution in [2.45, 2.75) is 20.3 Å². The summed E-state index contributed by atoms with van der Waals surface area (Å²) in [6, 6.07) is 8.42. The lowest BCUT2D eigenvalue weighted by atomic mass is 9.48. The van der Waals surface area contributed by atoms with Crippen LogP contribution in [0.5, 0.6) is 0 Å². The normalized spacial score (nSPS) is 30.4. The molecule has 112 valence electrons. The number of nitrogens with zero attached hydrogens (tertiary/aromatic N) is 2. The van der Waals surface area contributed by atoms with E-state index in [9.17, 15) is 0 Å². The highest BCUT2D eigenvalue weighted by atomic mass is 32.1. The monoisotopic (exact) mass is 302 g/mol. The lowest BCUT2D eigenvalue weighted by molar-refractivity contribution is -0.106. The van der Waals surface area contributed by atoms with Gasteiger partial charge in [-0.25, -0.2) is 4.98 Å². The Labute approximate surface area is 129 Å². The Hall–Kier alpha value is -1.13. The fraction of sp³-hybridized carbons (Fsp3) is 0.588. The summed E-state index contributed by atoms with van der Waals surface area (Å²) >= 11 is 1.82. The first kappa shape index (κ1) is 13.5. The molecule has 1 aliphatic heterocycles. The van der Waals surface area contributed by atoms with E-state index in [0.29, 0.717) is 10.8 Å². The molecule has 2 atom stereocenters. The Bertz CT molecular complexity index is 647. The molecular weight excluding hydrogens is 280 g/mol. The SMILES string of the molecule is COC[C@@]12CN(c3nc4ccccc4s3)C[C@@H]1C(C)(C)C2. The molecule has 1 saturated heterocycles. The summed E-state index contributed by atoms with van der Waals surface area (Å²) in [4.78, 5) is 7.32. The summed E-state index contributed by atoms with van der Waals surface area (Å²) in [6.07, 6.45) is 1.26.